The van der Waals surface area contributed by atoms with Crippen LogP contribution in [-0.2, 0) is 32.0 Å². The molecule has 0 saturated carbocycles. The maximum atomic E-state index is 12.4. The monoisotopic (exact) mass is 370 g/mol. The zero-order valence-corrected chi connectivity index (χ0v) is 16.2. The Morgan fingerprint density at radius 3 is 1.17 bits per heavy atom. The maximum Gasteiger partial charge on any atom is 0.359 e. The summed E-state index contributed by atoms with van der Waals surface area (Å²) in [4.78, 5) is 0. The van der Waals surface area contributed by atoms with Crippen LogP contribution in [0.1, 0.15) is 27.7 Å². The summed E-state index contributed by atoms with van der Waals surface area (Å²) in [6, 6.07) is 0. The Morgan fingerprint density at radius 2 is 0.957 bits per heavy atom. The molecule has 0 saturated heterocycles. The topological polar surface area (TPSA) is 80.3 Å². The lowest BCUT2D eigenvalue weighted by Crippen LogP contribution is -2.08. The molecule has 0 aliphatic rings. The Labute approximate surface area is 139 Å². The maximum absolute atomic E-state index is 12.4. The Balaban J connectivity index is 4.63. The number of hydrogen-bond acceptors (Lipinski definition) is 7. The van der Waals surface area contributed by atoms with Crippen molar-refractivity contribution in [2.24, 2.45) is 0 Å². The van der Waals surface area contributed by atoms with Gasteiger partial charge in [0.25, 0.3) is 0 Å². The van der Waals surface area contributed by atoms with E-state index in [0.717, 1.165) is 0 Å². The van der Waals surface area contributed by atoms with Crippen LogP contribution in [0.3, 0.4) is 0 Å². The Hall–Kier alpha value is -0.260. The van der Waals surface area contributed by atoms with Crippen molar-refractivity contribution in [3.05, 3.63) is 23.8 Å². The van der Waals surface area contributed by atoms with Crippen molar-refractivity contribution in [2.75, 3.05) is 39.6 Å². The fourth-order valence-electron chi connectivity index (χ4n) is 1.56. The van der Waals surface area contributed by atoms with Gasteiger partial charge < -0.3 is 22.8 Å². The van der Waals surface area contributed by atoms with Crippen LogP contribution >= 0.6 is 15.2 Å². The third-order valence-corrected chi connectivity index (χ3v) is 6.71. The first kappa shape index (κ1) is 22.7. The molecule has 0 aliphatic heterocycles. The molecule has 0 heterocycles. The lowest BCUT2D eigenvalue weighted by atomic mass is 10.6. The van der Waals surface area contributed by atoms with Gasteiger partial charge in [0.15, 0.2) is 0 Å². The molecular weight excluding hydrogens is 342 g/mol. The second-order valence-corrected chi connectivity index (χ2v) is 8.58. The summed E-state index contributed by atoms with van der Waals surface area (Å²) in [6.07, 6.45) is 0. The molecule has 0 aromatic heterocycles. The molecule has 0 rings (SSSR count). The van der Waals surface area contributed by atoms with Crippen molar-refractivity contribution in [2.45, 2.75) is 27.7 Å². The van der Waals surface area contributed by atoms with Crippen LogP contribution in [0.2, 0.25) is 0 Å². The molecule has 0 atom stereocenters. The zero-order valence-electron chi connectivity index (χ0n) is 14.4. The standard InChI is InChI=1S/C14H28O7P2/c1-7-18-22(15,19-8-2)13(5)11-17-12-14(6)23(16,20-9-3)21-10-4/h5-12H2,1-4H3. The number of rotatable bonds is 14. The first-order chi connectivity index (χ1) is 10.8. The van der Waals surface area contributed by atoms with Gasteiger partial charge in [0.1, 0.15) is 0 Å². The van der Waals surface area contributed by atoms with E-state index in [1.165, 1.54) is 0 Å². The highest BCUT2D eigenvalue weighted by atomic mass is 31.2. The molecule has 7 nitrogen and oxygen atoms in total. The van der Waals surface area contributed by atoms with Gasteiger partial charge in [0.05, 0.1) is 50.3 Å². The SMILES string of the molecule is C=C(COCC(=C)P(=O)(OCC)OCC)P(=O)(OCC)OCC. The molecular formula is C14H28O7P2. The van der Waals surface area contributed by atoms with E-state index in [0.29, 0.717) is 0 Å². The van der Waals surface area contributed by atoms with Crippen molar-refractivity contribution in [3.63, 3.8) is 0 Å². The van der Waals surface area contributed by atoms with E-state index >= 15 is 0 Å². The fourth-order valence-corrected chi connectivity index (χ4v) is 4.30. The van der Waals surface area contributed by atoms with Crippen LogP contribution in [-0.4, -0.2) is 39.6 Å². The molecule has 0 radical (unpaired) electrons. The van der Waals surface area contributed by atoms with Crippen molar-refractivity contribution in [3.8, 4) is 0 Å². The normalized spacial score (nSPS) is 12.3. The predicted octanol–water partition coefficient (Wildman–Crippen LogP) is 4.56. The molecule has 0 aliphatic carbocycles. The van der Waals surface area contributed by atoms with Crippen LogP contribution in [0.25, 0.3) is 0 Å². The lowest BCUT2D eigenvalue weighted by molar-refractivity contribution is 0.169. The third kappa shape index (κ3) is 7.44. The molecule has 0 unspecified atom stereocenters. The van der Waals surface area contributed by atoms with Gasteiger partial charge in [-0.05, 0) is 27.7 Å². The molecule has 0 aromatic carbocycles. The van der Waals surface area contributed by atoms with Crippen LogP contribution in [0.5, 0.6) is 0 Å². The molecule has 0 N–H and O–H groups in total. The van der Waals surface area contributed by atoms with Gasteiger partial charge in [-0.1, -0.05) is 13.2 Å². The van der Waals surface area contributed by atoms with Crippen molar-refractivity contribution in [1.29, 1.82) is 0 Å². The summed E-state index contributed by atoms with van der Waals surface area (Å²) in [6.45, 7) is 15.0. The van der Waals surface area contributed by atoms with Gasteiger partial charge in [-0.25, -0.2) is 0 Å². The molecule has 0 fully saturated rings. The summed E-state index contributed by atoms with van der Waals surface area (Å²) in [5.41, 5.74) is 0. The predicted molar refractivity (Wildman–Crippen MR) is 90.8 cm³/mol. The summed E-state index contributed by atoms with van der Waals surface area (Å²) >= 11 is 0. The Morgan fingerprint density at radius 1 is 0.696 bits per heavy atom. The van der Waals surface area contributed by atoms with Crippen molar-refractivity contribution < 1.29 is 32.0 Å². The van der Waals surface area contributed by atoms with Crippen molar-refractivity contribution >= 4 is 15.2 Å². The van der Waals surface area contributed by atoms with E-state index in [-0.39, 0.29) is 50.3 Å². The van der Waals surface area contributed by atoms with Gasteiger partial charge in [0.2, 0.25) is 0 Å². The highest BCUT2D eigenvalue weighted by Gasteiger charge is 2.30. The van der Waals surface area contributed by atoms with Crippen molar-refractivity contribution in [1.82, 2.24) is 0 Å². The van der Waals surface area contributed by atoms with Crippen LogP contribution < -0.4 is 0 Å². The van der Waals surface area contributed by atoms with Crippen LogP contribution in [0, 0.1) is 0 Å². The van der Waals surface area contributed by atoms with E-state index in [1.807, 2.05) is 0 Å². The average Bonchev–Trinajstić information content (AvgIpc) is 2.47. The van der Waals surface area contributed by atoms with E-state index in [1.54, 1.807) is 27.7 Å². The summed E-state index contributed by atoms with van der Waals surface area (Å²) < 4.78 is 50.9. The quantitative estimate of drug-likeness (QED) is 0.415. The molecule has 0 amide bonds. The summed E-state index contributed by atoms with van der Waals surface area (Å²) in [5.74, 6) is 0. The first-order valence-electron chi connectivity index (χ1n) is 7.52. The van der Waals surface area contributed by atoms with E-state index < -0.39 is 15.2 Å². The molecule has 0 spiro atoms. The van der Waals surface area contributed by atoms with E-state index in [9.17, 15) is 9.13 Å². The minimum atomic E-state index is -3.42. The summed E-state index contributed by atoms with van der Waals surface area (Å²) in [5, 5.41) is 0.383. The van der Waals surface area contributed by atoms with E-state index in [4.69, 9.17) is 22.8 Å². The highest BCUT2D eigenvalue weighted by molar-refractivity contribution is 7.58. The fraction of sp³-hybridized carbons (Fsp3) is 0.714. The third-order valence-electron chi connectivity index (χ3n) is 2.51. The second-order valence-electron chi connectivity index (χ2n) is 4.29. The highest BCUT2D eigenvalue weighted by Crippen LogP contribution is 2.56. The summed E-state index contributed by atoms with van der Waals surface area (Å²) in [7, 11) is -6.83. The van der Waals surface area contributed by atoms with Gasteiger partial charge in [-0.3, -0.25) is 9.13 Å². The molecule has 136 valence electrons. The Kier molecular flexibility index (Phi) is 11.2. The molecule has 9 heteroatoms. The van der Waals surface area contributed by atoms with Gasteiger partial charge in [-0.2, -0.15) is 0 Å². The minimum absolute atomic E-state index is 0.0749. The van der Waals surface area contributed by atoms with Crippen LogP contribution in [0.15, 0.2) is 23.8 Å². The minimum Gasteiger partial charge on any atom is -0.371 e. The number of ether oxygens (including phenoxy) is 1. The Bertz CT molecular complexity index is 414. The number of hydrogen-bond donors (Lipinski definition) is 0. The molecule has 23 heavy (non-hydrogen) atoms. The van der Waals surface area contributed by atoms with Gasteiger partial charge in [0, 0.05) is 0 Å². The van der Waals surface area contributed by atoms with Gasteiger partial charge >= 0.3 is 15.2 Å². The average molecular weight is 370 g/mol. The van der Waals surface area contributed by atoms with Gasteiger partial charge in [-0.15, -0.1) is 0 Å². The van der Waals surface area contributed by atoms with Crippen LogP contribution in [0.4, 0.5) is 0 Å². The zero-order chi connectivity index (χ0) is 17.9. The molecule has 0 aromatic rings. The second kappa shape index (κ2) is 11.3. The van der Waals surface area contributed by atoms with E-state index in [2.05, 4.69) is 13.2 Å². The molecule has 0 bridgehead atoms. The first-order valence-corrected chi connectivity index (χ1v) is 10.6. The largest absolute Gasteiger partial charge is 0.371 e. The lowest BCUT2D eigenvalue weighted by Gasteiger charge is -2.21. The smallest absolute Gasteiger partial charge is 0.359 e.